The lowest BCUT2D eigenvalue weighted by Gasteiger charge is -2.41. The molecule has 0 aliphatic carbocycles. The van der Waals surface area contributed by atoms with E-state index in [0.29, 0.717) is 5.41 Å². The fourth-order valence-corrected chi connectivity index (χ4v) is 3.49. The van der Waals surface area contributed by atoms with E-state index in [1.165, 1.54) is 38.9 Å². The Bertz CT molecular complexity index is 310. The summed E-state index contributed by atoms with van der Waals surface area (Å²) in [6, 6.07) is 0.768. The highest BCUT2D eigenvalue weighted by Crippen LogP contribution is 2.31. The van der Waals surface area contributed by atoms with Gasteiger partial charge in [0.1, 0.15) is 0 Å². The van der Waals surface area contributed by atoms with Gasteiger partial charge in [0.2, 0.25) is 0 Å². The quantitative estimate of drug-likeness (QED) is 0.837. The van der Waals surface area contributed by atoms with Gasteiger partial charge in [-0.2, -0.15) is 0 Å². The third-order valence-electron chi connectivity index (χ3n) is 5.03. The van der Waals surface area contributed by atoms with Crippen molar-refractivity contribution in [3.63, 3.8) is 0 Å². The number of nitrogens with zero attached hydrogens (tertiary/aromatic N) is 2. The average Bonchev–Trinajstić information content (AvgIpc) is 2.85. The summed E-state index contributed by atoms with van der Waals surface area (Å²) in [5, 5.41) is 3.71. The Kier molecular flexibility index (Phi) is 5.69. The molecular weight excluding hydrogens is 262 g/mol. The van der Waals surface area contributed by atoms with E-state index >= 15 is 0 Å². The van der Waals surface area contributed by atoms with Gasteiger partial charge < -0.3 is 19.9 Å². The highest BCUT2D eigenvalue weighted by Gasteiger charge is 2.38. The first-order valence-corrected chi connectivity index (χ1v) is 8.51. The molecule has 0 saturated carbocycles. The molecule has 0 amide bonds. The van der Waals surface area contributed by atoms with E-state index in [2.05, 4.69) is 50.0 Å². The van der Waals surface area contributed by atoms with Gasteiger partial charge in [-0.1, -0.05) is 0 Å². The molecule has 1 unspecified atom stereocenters. The van der Waals surface area contributed by atoms with Gasteiger partial charge in [-0.15, -0.1) is 0 Å². The summed E-state index contributed by atoms with van der Waals surface area (Å²) in [6.07, 6.45) is 3.80. The van der Waals surface area contributed by atoms with Crippen LogP contribution < -0.4 is 5.32 Å². The van der Waals surface area contributed by atoms with E-state index in [9.17, 15) is 0 Å². The molecular formula is C17H35N3O. The summed E-state index contributed by atoms with van der Waals surface area (Å²) in [4.78, 5) is 5.05. The van der Waals surface area contributed by atoms with Gasteiger partial charge in [-0.25, -0.2) is 0 Å². The largest absolute Gasteiger partial charge is 0.381 e. The second kappa shape index (κ2) is 6.95. The predicted octanol–water partition coefficient (Wildman–Crippen LogP) is 1.81. The number of hydrogen-bond acceptors (Lipinski definition) is 4. The molecule has 2 saturated heterocycles. The fourth-order valence-electron chi connectivity index (χ4n) is 3.49. The standard InChI is InChI=1S/C17H35N3O/c1-16(2,3)18-12-17(8-11-21-14-17)13-20-9-6-15(7-10-20)19(4)5/h15,18H,6-14H2,1-5H3. The summed E-state index contributed by atoms with van der Waals surface area (Å²) in [6.45, 7) is 13.3. The summed E-state index contributed by atoms with van der Waals surface area (Å²) < 4.78 is 5.75. The molecule has 2 aliphatic heterocycles. The Hall–Kier alpha value is -0.160. The first-order valence-electron chi connectivity index (χ1n) is 8.51. The molecule has 0 radical (unpaired) electrons. The van der Waals surface area contributed by atoms with Gasteiger partial charge in [0, 0.05) is 36.7 Å². The Morgan fingerprint density at radius 3 is 2.38 bits per heavy atom. The molecule has 4 heteroatoms. The van der Waals surface area contributed by atoms with Crippen LogP contribution in [0, 0.1) is 5.41 Å². The number of likely N-dealkylation sites (tertiary alicyclic amines) is 1. The van der Waals surface area contributed by atoms with Crippen molar-refractivity contribution in [2.75, 3.05) is 53.5 Å². The van der Waals surface area contributed by atoms with Crippen LogP contribution in [0.2, 0.25) is 0 Å². The van der Waals surface area contributed by atoms with Crippen LogP contribution in [0.5, 0.6) is 0 Å². The van der Waals surface area contributed by atoms with Crippen molar-refractivity contribution >= 4 is 0 Å². The minimum atomic E-state index is 0.188. The van der Waals surface area contributed by atoms with Crippen LogP contribution in [0.3, 0.4) is 0 Å². The van der Waals surface area contributed by atoms with Crippen LogP contribution >= 0.6 is 0 Å². The summed E-state index contributed by atoms with van der Waals surface area (Å²) in [5.74, 6) is 0. The Morgan fingerprint density at radius 1 is 1.24 bits per heavy atom. The molecule has 0 spiro atoms. The van der Waals surface area contributed by atoms with Gasteiger partial charge in [-0.05, 0) is 67.2 Å². The van der Waals surface area contributed by atoms with Crippen molar-refractivity contribution in [1.82, 2.24) is 15.1 Å². The first kappa shape index (κ1) is 17.2. The lowest BCUT2D eigenvalue weighted by Crippen LogP contribution is -2.51. The summed E-state index contributed by atoms with van der Waals surface area (Å²) in [7, 11) is 4.42. The van der Waals surface area contributed by atoms with Crippen LogP contribution in [0.4, 0.5) is 0 Å². The minimum absolute atomic E-state index is 0.188. The highest BCUT2D eigenvalue weighted by molar-refractivity contribution is 4.92. The van der Waals surface area contributed by atoms with Gasteiger partial charge in [-0.3, -0.25) is 0 Å². The van der Waals surface area contributed by atoms with Crippen LogP contribution in [0.25, 0.3) is 0 Å². The first-order chi connectivity index (χ1) is 9.80. The molecule has 2 aliphatic rings. The number of hydrogen-bond donors (Lipinski definition) is 1. The van der Waals surface area contributed by atoms with Crippen molar-refractivity contribution in [3.8, 4) is 0 Å². The monoisotopic (exact) mass is 297 g/mol. The zero-order valence-corrected chi connectivity index (χ0v) is 14.7. The number of nitrogens with one attached hydrogen (secondary N) is 1. The van der Waals surface area contributed by atoms with Crippen molar-refractivity contribution in [2.24, 2.45) is 5.41 Å². The van der Waals surface area contributed by atoms with Crippen LogP contribution in [-0.4, -0.2) is 74.9 Å². The molecule has 0 aromatic carbocycles. The molecule has 1 atom stereocenters. The fraction of sp³-hybridized carbons (Fsp3) is 1.00. The molecule has 4 nitrogen and oxygen atoms in total. The average molecular weight is 297 g/mol. The number of ether oxygens (including phenoxy) is 1. The Morgan fingerprint density at radius 2 is 1.90 bits per heavy atom. The van der Waals surface area contributed by atoms with Crippen LogP contribution in [0.15, 0.2) is 0 Å². The van der Waals surface area contributed by atoms with E-state index in [1.807, 2.05) is 0 Å². The SMILES string of the molecule is CN(C)C1CCN(CC2(CNC(C)(C)C)CCOC2)CC1. The maximum atomic E-state index is 5.75. The van der Waals surface area contributed by atoms with Crippen LogP contribution in [-0.2, 0) is 4.74 Å². The summed E-state index contributed by atoms with van der Waals surface area (Å²) in [5.41, 5.74) is 0.506. The van der Waals surface area contributed by atoms with Gasteiger partial charge in [0.25, 0.3) is 0 Å². The lowest BCUT2D eigenvalue weighted by molar-refractivity contribution is 0.0747. The maximum Gasteiger partial charge on any atom is 0.0547 e. The second-order valence-electron chi connectivity index (χ2n) is 8.38. The van der Waals surface area contributed by atoms with Crippen molar-refractivity contribution < 1.29 is 4.74 Å². The molecule has 1 N–H and O–H groups in total. The second-order valence-corrected chi connectivity index (χ2v) is 8.38. The van der Waals surface area contributed by atoms with Gasteiger partial charge in [0.15, 0.2) is 0 Å². The highest BCUT2D eigenvalue weighted by atomic mass is 16.5. The number of piperidine rings is 1. The zero-order chi connectivity index (χ0) is 15.5. The molecule has 0 bridgehead atoms. The van der Waals surface area contributed by atoms with E-state index in [-0.39, 0.29) is 5.54 Å². The summed E-state index contributed by atoms with van der Waals surface area (Å²) >= 11 is 0. The Balaban J connectivity index is 1.86. The minimum Gasteiger partial charge on any atom is -0.381 e. The maximum absolute atomic E-state index is 5.75. The molecule has 0 aromatic rings. The van der Waals surface area contributed by atoms with E-state index in [0.717, 1.165) is 25.8 Å². The molecule has 2 fully saturated rings. The van der Waals surface area contributed by atoms with E-state index in [1.54, 1.807) is 0 Å². The van der Waals surface area contributed by atoms with E-state index < -0.39 is 0 Å². The van der Waals surface area contributed by atoms with Crippen molar-refractivity contribution in [3.05, 3.63) is 0 Å². The van der Waals surface area contributed by atoms with Gasteiger partial charge in [0.05, 0.1) is 6.61 Å². The van der Waals surface area contributed by atoms with Crippen LogP contribution in [0.1, 0.15) is 40.0 Å². The topological polar surface area (TPSA) is 27.7 Å². The molecule has 21 heavy (non-hydrogen) atoms. The lowest BCUT2D eigenvalue weighted by atomic mass is 9.85. The molecule has 124 valence electrons. The van der Waals surface area contributed by atoms with Gasteiger partial charge >= 0.3 is 0 Å². The molecule has 0 aromatic heterocycles. The smallest absolute Gasteiger partial charge is 0.0547 e. The van der Waals surface area contributed by atoms with Crippen molar-refractivity contribution in [1.29, 1.82) is 0 Å². The van der Waals surface area contributed by atoms with Crippen molar-refractivity contribution in [2.45, 2.75) is 51.6 Å². The molecule has 2 rings (SSSR count). The third kappa shape index (κ3) is 5.20. The normalized spacial score (nSPS) is 29.4. The van der Waals surface area contributed by atoms with E-state index in [4.69, 9.17) is 4.74 Å². The molecule has 2 heterocycles. The predicted molar refractivity (Wildman–Crippen MR) is 88.8 cm³/mol. The number of rotatable bonds is 5. The Labute approximate surface area is 131 Å². The third-order valence-corrected chi connectivity index (χ3v) is 5.03. The zero-order valence-electron chi connectivity index (χ0n) is 14.7.